The Morgan fingerprint density at radius 1 is 0.370 bits per heavy atom. The van der Waals surface area contributed by atoms with E-state index in [1.807, 2.05) is 6.08 Å². The van der Waals surface area contributed by atoms with Gasteiger partial charge in [0.25, 0.3) is 0 Å². The number of aliphatic hydroxyl groups excluding tert-OH is 11. The van der Waals surface area contributed by atoms with Gasteiger partial charge in [0.1, 0.15) is 73.2 Å². The fourth-order valence-electron chi connectivity index (χ4n) is 13.6. The highest BCUT2D eigenvalue weighted by Gasteiger charge is 2.54. The van der Waals surface area contributed by atoms with Crippen molar-refractivity contribution < 1.29 is 89.4 Å². The third-order valence-corrected chi connectivity index (χ3v) is 20.1. The third kappa shape index (κ3) is 41.4. The summed E-state index contributed by atoms with van der Waals surface area (Å²) in [6.07, 6.45) is 52.0. The smallest absolute Gasteiger partial charge is 0.220 e. The molecule has 3 aliphatic rings. The first-order valence-corrected chi connectivity index (χ1v) is 40.5. The zero-order valence-electron chi connectivity index (χ0n) is 62.4. The van der Waals surface area contributed by atoms with Gasteiger partial charge in [-0.3, -0.25) is 4.79 Å². The zero-order chi connectivity index (χ0) is 72.5. The van der Waals surface area contributed by atoms with E-state index in [9.17, 15) is 61.0 Å². The molecule has 0 aromatic rings. The minimum Gasteiger partial charge on any atom is -0.394 e. The van der Waals surface area contributed by atoms with Gasteiger partial charge in [0.05, 0.1) is 38.6 Å². The van der Waals surface area contributed by atoms with Crippen LogP contribution in [0.5, 0.6) is 0 Å². The number of hydrogen-bond donors (Lipinski definition) is 12. The van der Waals surface area contributed by atoms with Gasteiger partial charge in [0, 0.05) is 6.42 Å². The van der Waals surface area contributed by atoms with Crippen LogP contribution in [0.1, 0.15) is 316 Å². The quantitative estimate of drug-likeness (QED) is 0.0199. The lowest BCUT2D eigenvalue weighted by atomic mass is 9.96. The van der Waals surface area contributed by atoms with Gasteiger partial charge in [0.2, 0.25) is 5.91 Å². The second-order valence-electron chi connectivity index (χ2n) is 28.9. The average molecular weight is 1420 g/mol. The second-order valence-corrected chi connectivity index (χ2v) is 28.9. The Morgan fingerprint density at radius 2 is 0.690 bits per heavy atom. The number of allylic oxidation sites excluding steroid dienone is 9. The molecule has 584 valence electrons. The summed E-state index contributed by atoms with van der Waals surface area (Å²) in [5, 5.41) is 121. The van der Waals surface area contributed by atoms with E-state index < -0.39 is 124 Å². The van der Waals surface area contributed by atoms with Crippen LogP contribution in [0.2, 0.25) is 0 Å². The van der Waals surface area contributed by atoms with Crippen LogP contribution >= 0.6 is 0 Å². The molecule has 1 amide bonds. The van der Waals surface area contributed by atoms with Gasteiger partial charge >= 0.3 is 0 Å². The monoisotopic (exact) mass is 1420 g/mol. The number of rotatable bonds is 64. The lowest BCUT2D eigenvalue weighted by Gasteiger charge is -2.48. The summed E-state index contributed by atoms with van der Waals surface area (Å²) in [4.78, 5) is 13.5. The lowest BCUT2D eigenvalue weighted by molar-refractivity contribution is -0.379. The van der Waals surface area contributed by atoms with Gasteiger partial charge in [0.15, 0.2) is 18.9 Å². The highest BCUT2D eigenvalue weighted by molar-refractivity contribution is 5.76. The van der Waals surface area contributed by atoms with Crippen LogP contribution in [0.25, 0.3) is 0 Å². The lowest BCUT2D eigenvalue weighted by Crippen LogP contribution is -2.66. The minimum absolute atomic E-state index is 0.239. The Balaban J connectivity index is 1.38. The maximum absolute atomic E-state index is 13.5. The van der Waals surface area contributed by atoms with E-state index in [1.54, 1.807) is 6.08 Å². The number of carbonyl (C=O) groups excluding carboxylic acids is 1. The molecule has 3 rings (SSSR count). The molecule has 19 nitrogen and oxygen atoms in total. The van der Waals surface area contributed by atoms with Gasteiger partial charge in [-0.25, -0.2) is 0 Å². The van der Waals surface area contributed by atoms with E-state index in [1.165, 1.54) is 212 Å². The molecule has 0 aliphatic carbocycles. The Labute approximate surface area is 605 Å². The number of unbranched alkanes of at least 4 members (excludes halogenated alkanes) is 40. The highest BCUT2D eigenvalue weighted by atomic mass is 16.8. The second kappa shape index (κ2) is 61.6. The van der Waals surface area contributed by atoms with Crippen molar-refractivity contribution in [1.82, 2.24) is 5.32 Å². The van der Waals surface area contributed by atoms with Crippen molar-refractivity contribution in [2.75, 3.05) is 26.4 Å². The molecule has 17 atom stereocenters. The van der Waals surface area contributed by atoms with Crippen molar-refractivity contribution in [3.05, 3.63) is 60.8 Å². The van der Waals surface area contributed by atoms with E-state index in [-0.39, 0.29) is 18.9 Å². The Bertz CT molecular complexity index is 2040. The molecule has 0 spiro atoms. The Hall–Kier alpha value is -2.51. The summed E-state index contributed by atoms with van der Waals surface area (Å²) in [5.41, 5.74) is 0. The average Bonchev–Trinajstić information content (AvgIpc) is 0.783. The van der Waals surface area contributed by atoms with E-state index in [4.69, 9.17) is 28.4 Å². The molecular weight excluding hydrogens is 1270 g/mol. The predicted octanol–water partition coefficient (Wildman–Crippen LogP) is 13.5. The summed E-state index contributed by atoms with van der Waals surface area (Å²) in [6.45, 7) is 1.66. The molecule has 3 fully saturated rings. The van der Waals surface area contributed by atoms with Crippen LogP contribution in [-0.4, -0.2) is 193 Å². The largest absolute Gasteiger partial charge is 0.394 e. The summed E-state index contributed by atoms with van der Waals surface area (Å²) in [5.74, 6) is -0.276. The van der Waals surface area contributed by atoms with Crippen molar-refractivity contribution in [3.63, 3.8) is 0 Å². The summed E-state index contributed by atoms with van der Waals surface area (Å²) < 4.78 is 34.5. The molecule has 0 aromatic heterocycles. The molecular formula is C81H147NO18. The van der Waals surface area contributed by atoms with E-state index in [2.05, 4.69) is 67.8 Å². The number of carbonyl (C=O) groups is 1. The number of hydrogen-bond acceptors (Lipinski definition) is 18. The summed E-state index contributed by atoms with van der Waals surface area (Å²) >= 11 is 0. The zero-order valence-corrected chi connectivity index (χ0v) is 62.4. The maximum Gasteiger partial charge on any atom is 0.220 e. The molecule has 17 unspecified atom stereocenters. The van der Waals surface area contributed by atoms with Crippen LogP contribution in [0.15, 0.2) is 60.8 Å². The van der Waals surface area contributed by atoms with Crippen molar-refractivity contribution in [1.29, 1.82) is 0 Å². The first-order valence-electron chi connectivity index (χ1n) is 40.5. The van der Waals surface area contributed by atoms with E-state index in [0.717, 1.165) is 77.0 Å². The van der Waals surface area contributed by atoms with Crippen LogP contribution in [0.4, 0.5) is 0 Å². The number of nitrogens with one attached hydrogen (secondary N) is 1. The van der Waals surface area contributed by atoms with Crippen LogP contribution in [0, 0.1) is 0 Å². The number of amides is 1. The van der Waals surface area contributed by atoms with Crippen molar-refractivity contribution >= 4 is 5.91 Å². The fraction of sp³-hybridized carbons (Fsp3) is 0.864. The topological polar surface area (TPSA) is 307 Å². The van der Waals surface area contributed by atoms with Gasteiger partial charge in [-0.15, -0.1) is 0 Å². The van der Waals surface area contributed by atoms with Crippen LogP contribution in [-0.2, 0) is 33.2 Å². The molecule has 0 bridgehead atoms. The van der Waals surface area contributed by atoms with Crippen molar-refractivity contribution in [2.24, 2.45) is 0 Å². The molecule has 3 aliphatic heterocycles. The molecule has 0 saturated carbocycles. The van der Waals surface area contributed by atoms with Crippen molar-refractivity contribution in [3.8, 4) is 0 Å². The SMILES string of the molecule is CC/C=C\C/C=C\C/C=C\C/C=C\CCCCCCCCCCCCCCC(=O)NC(COC1OC(CO)C(OC2OC(CO)C(OC3OC(CO)C(O)C(O)C3O)C(O)C2O)C(O)C1O)C(O)/C=C/CCCCCCCCCCCCCCCCCCCCCCCCCCCCCC. The molecule has 12 N–H and O–H groups in total. The van der Waals surface area contributed by atoms with E-state index in [0.29, 0.717) is 6.42 Å². The highest BCUT2D eigenvalue weighted by Crippen LogP contribution is 2.33. The van der Waals surface area contributed by atoms with E-state index >= 15 is 0 Å². The summed E-state index contributed by atoms with van der Waals surface area (Å²) in [7, 11) is 0. The normalized spacial score (nSPS) is 26.8. The maximum atomic E-state index is 13.5. The predicted molar refractivity (Wildman–Crippen MR) is 397 cm³/mol. The van der Waals surface area contributed by atoms with Gasteiger partial charge in [-0.1, -0.05) is 312 Å². The molecule has 3 saturated heterocycles. The van der Waals surface area contributed by atoms with Gasteiger partial charge in [-0.05, 0) is 57.8 Å². The van der Waals surface area contributed by atoms with Crippen LogP contribution in [0.3, 0.4) is 0 Å². The minimum atomic E-state index is -1.98. The fourth-order valence-corrected chi connectivity index (χ4v) is 13.6. The molecule has 19 heteroatoms. The Kier molecular flexibility index (Phi) is 56.5. The molecule has 0 radical (unpaired) electrons. The number of aliphatic hydroxyl groups is 11. The number of ether oxygens (including phenoxy) is 6. The Morgan fingerprint density at radius 3 is 1.08 bits per heavy atom. The first kappa shape index (κ1) is 91.7. The first-order chi connectivity index (χ1) is 48.8. The standard InChI is InChI=1S/C81H147NO18/c1-3-5-7-9-11-13-15-17-19-21-23-25-27-29-30-31-32-33-35-36-38-40-42-44-46-48-50-52-54-56-58-65(86)64(82-69(87)59-57-55-53-51-49-47-45-43-41-39-37-34-28-26-24-22-20-18-16-14-12-10-8-6-4-2)63-95-79-75(93)72(90)77(67(61-84)97-79)100-81-76(94)73(91)78(68(62-85)98-81)99-80-74(92)71(89)70(88)66(60-83)96-80/h6,8,12,14,18,20,24,26,56,58,64-68,70-81,83-86,88-94H,3-5,7,9-11,13,15-17,19,21-23,25,27-55,57,59-63H2,1-2H3,(H,82,87)/b8-6-,14-12-,20-18-,26-24-,58-56+. The summed E-state index contributed by atoms with van der Waals surface area (Å²) in [6, 6.07) is -0.979. The molecule has 3 heterocycles. The molecule has 100 heavy (non-hydrogen) atoms. The third-order valence-electron chi connectivity index (χ3n) is 20.1. The molecule has 0 aromatic carbocycles. The van der Waals surface area contributed by atoms with Crippen LogP contribution < -0.4 is 5.32 Å². The van der Waals surface area contributed by atoms with Gasteiger partial charge < -0.3 is 89.9 Å². The van der Waals surface area contributed by atoms with Gasteiger partial charge in [-0.2, -0.15) is 0 Å². The van der Waals surface area contributed by atoms with Crippen molar-refractivity contribution in [2.45, 2.75) is 420 Å².